The maximum Gasteiger partial charge on any atom is 0.264 e. The first-order chi connectivity index (χ1) is 15.1. The van der Waals surface area contributed by atoms with Gasteiger partial charge in [-0.3, -0.25) is 4.79 Å². The molecule has 0 bridgehead atoms. The van der Waals surface area contributed by atoms with Crippen molar-refractivity contribution in [2.75, 3.05) is 0 Å². The number of amidine groups is 1. The minimum Gasteiger partial charge on any atom is -0.317 e. The lowest BCUT2D eigenvalue weighted by molar-refractivity contribution is -0.115. The highest BCUT2D eigenvalue weighted by Gasteiger charge is 2.24. The fourth-order valence-corrected chi connectivity index (χ4v) is 4.47. The summed E-state index contributed by atoms with van der Waals surface area (Å²) in [6.45, 7) is 4.11. The van der Waals surface area contributed by atoms with Crippen LogP contribution in [0, 0.1) is 13.8 Å². The van der Waals surface area contributed by atoms with Crippen molar-refractivity contribution in [2.45, 2.75) is 13.8 Å². The van der Waals surface area contributed by atoms with Crippen molar-refractivity contribution >= 4 is 45.4 Å². The predicted octanol–water partition coefficient (Wildman–Crippen LogP) is 6.14. The molecule has 0 atom stereocenters. The van der Waals surface area contributed by atoms with Gasteiger partial charge >= 0.3 is 0 Å². The summed E-state index contributed by atoms with van der Waals surface area (Å²) in [6, 6.07) is 24.7. The molecule has 1 N–H and O–H groups in total. The maximum absolute atomic E-state index is 12.6. The van der Waals surface area contributed by atoms with Gasteiger partial charge in [-0.15, -0.1) is 0 Å². The molecule has 0 saturated carbocycles. The van der Waals surface area contributed by atoms with E-state index in [4.69, 9.17) is 0 Å². The van der Waals surface area contributed by atoms with Gasteiger partial charge in [0, 0.05) is 17.6 Å². The van der Waals surface area contributed by atoms with Crippen molar-refractivity contribution in [1.29, 1.82) is 0 Å². The monoisotopic (exact) mass is 423 g/mol. The van der Waals surface area contributed by atoms with E-state index in [1.165, 1.54) is 28.1 Å². The molecule has 0 aliphatic carbocycles. The molecule has 1 aliphatic heterocycles. The molecule has 5 heteroatoms. The Balaban J connectivity index is 1.46. The van der Waals surface area contributed by atoms with Crippen LogP contribution in [0.2, 0.25) is 0 Å². The van der Waals surface area contributed by atoms with Crippen molar-refractivity contribution < 1.29 is 4.79 Å². The summed E-state index contributed by atoms with van der Waals surface area (Å²) in [6.07, 6.45) is 3.93. The Hall–Kier alpha value is -3.57. The van der Waals surface area contributed by atoms with E-state index in [1.54, 1.807) is 0 Å². The number of nitrogens with one attached hydrogen (secondary N) is 1. The molecule has 1 saturated heterocycles. The number of aliphatic imine (C=N–C) groups is 1. The van der Waals surface area contributed by atoms with Gasteiger partial charge in [0.05, 0.1) is 10.6 Å². The number of aryl methyl sites for hydroxylation is 1. The Morgan fingerprint density at radius 3 is 2.65 bits per heavy atom. The standard InChI is InChI=1S/C26H21N3OS/c1-17-7-5-11-23(18(17)2)27-26-28-25(30)24(31-26)16-21-10-6-14-29(21)22-13-12-19-8-3-4-9-20(19)15-22/h3-16H,1-2H3,(H,27,28,30)/b24-16-. The van der Waals surface area contributed by atoms with Crippen molar-refractivity contribution in [3.63, 3.8) is 0 Å². The number of rotatable bonds is 3. The lowest BCUT2D eigenvalue weighted by atomic mass is 10.1. The predicted molar refractivity (Wildman–Crippen MR) is 130 cm³/mol. The molecule has 1 aromatic heterocycles. The third kappa shape index (κ3) is 3.80. The topological polar surface area (TPSA) is 46.4 Å². The number of amides is 1. The molecule has 4 aromatic rings. The van der Waals surface area contributed by atoms with Gasteiger partial charge in [0.15, 0.2) is 5.17 Å². The van der Waals surface area contributed by atoms with Crippen LogP contribution in [-0.2, 0) is 4.79 Å². The van der Waals surface area contributed by atoms with Crippen molar-refractivity contribution in [3.05, 3.63) is 101 Å². The quantitative estimate of drug-likeness (QED) is 0.402. The van der Waals surface area contributed by atoms with E-state index < -0.39 is 0 Å². The molecular formula is C26H21N3OS. The summed E-state index contributed by atoms with van der Waals surface area (Å²) < 4.78 is 2.09. The zero-order chi connectivity index (χ0) is 21.4. The summed E-state index contributed by atoms with van der Waals surface area (Å²) in [7, 11) is 0. The molecule has 1 aliphatic rings. The fourth-order valence-electron chi connectivity index (χ4n) is 3.65. The molecule has 1 fully saturated rings. The Labute approximate surface area is 185 Å². The van der Waals surface area contributed by atoms with Gasteiger partial charge < -0.3 is 9.88 Å². The van der Waals surface area contributed by atoms with Crippen LogP contribution in [-0.4, -0.2) is 15.6 Å². The molecule has 5 rings (SSSR count). The van der Waals surface area contributed by atoms with Crippen LogP contribution in [0.25, 0.3) is 22.5 Å². The lowest BCUT2D eigenvalue weighted by Gasteiger charge is -2.08. The Morgan fingerprint density at radius 2 is 1.77 bits per heavy atom. The highest BCUT2D eigenvalue weighted by Crippen LogP contribution is 2.30. The van der Waals surface area contributed by atoms with E-state index in [9.17, 15) is 4.79 Å². The minimum atomic E-state index is -0.125. The van der Waals surface area contributed by atoms with E-state index >= 15 is 0 Å². The largest absolute Gasteiger partial charge is 0.317 e. The van der Waals surface area contributed by atoms with E-state index in [2.05, 4.69) is 58.2 Å². The summed E-state index contributed by atoms with van der Waals surface area (Å²) in [5, 5.41) is 5.89. The third-order valence-electron chi connectivity index (χ3n) is 5.52. The van der Waals surface area contributed by atoms with Crippen LogP contribution in [0.4, 0.5) is 5.69 Å². The number of benzene rings is 3. The fraction of sp³-hybridized carbons (Fsp3) is 0.0769. The molecule has 31 heavy (non-hydrogen) atoms. The number of aromatic nitrogens is 1. The first kappa shape index (κ1) is 19.4. The molecule has 4 nitrogen and oxygen atoms in total. The number of carbonyl (C=O) groups is 1. The first-order valence-electron chi connectivity index (χ1n) is 10.1. The molecule has 1 amide bonds. The Bertz CT molecular complexity index is 1380. The van der Waals surface area contributed by atoms with Gasteiger partial charge in [-0.2, -0.15) is 0 Å². The first-order valence-corrected chi connectivity index (χ1v) is 10.9. The smallest absolute Gasteiger partial charge is 0.264 e. The zero-order valence-electron chi connectivity index (χ0n) is 17.3. The Morgan fingerprint density at radius 1 is 0.935 bits per heavy atom. The summed E-state index contributed by atoms with van der Waals surface area (Å²) in [5.74, 6) is -0.125. The molecule has 152 valence electrons. The zero-order valence-corrected chi connectivity index (χ0v) is 18.1. The van der Waals surface area contributed by atoms with Gasteiger partial charge in [-0.1, -0.05) is 42.5 Å². The van der Waals surface area contributed by atoms with Crippen LogP contribution in [0.15, 0.2) is 88.9 Å². The number of fused-ring (bicyclic) bond motifs is 1. The van der Waals surface area contributed by atoms with Gasteiger partial charge in [-0.05, 0) is 83.9 Å². The Kier molecular flexibility index (Phi) is 4.96. The molecule has 2 heterocycles. The van der Waals surface area contributed by atoms with Gasteiger partial charge in [-0.25, -0.2) is 4.99 Å². The van der Waals surface area contributed by atoms with Crippen LogP contribution >= 0.6 is 11.8 Å². The number of hydrogen-bond donors (Lipinski definition) is 1. The van der Waals surface area contributed by atoms with Crippen molar-refractivity contribution in [2.24, 2.45) is 4.99 Å². The van der Waals surface area contributed by atoms with E-state index in [1.807, 2.05) is 55.6 Å². The lowest BCUT2D eigenvalue weighted by Crippen LogP contribution is -2.19. The van der Waals surface area contributed by atoms with Crippen LogP contribution in [0.5, 0.6) is 0 Å². The average Bonchev–Trinajstić information content (AvgIpc) is 3.37. The van der Waals surface area contributed by atoms with Crippen LogP contribution in [0.3, 0.4) is 0 Å². The van der Waals surface area contributed by atoms with Gasteiger partial charge in [0.1, 0.15) is 0 Å². The van der Waals surface area contributed by atoms with Gasteiger partial charge in [0.25, 0.3) is 5.91 Å². The molecule has 0 spiro atoms. The maximum atomic E-state index is 12.6. The van der Waals surface area contributed by atoms with Crippen LogP contribution in [0.1, 0.15) is 16.8 Å². The van der Waals surface area contributed by atoms with E-state index in [-0.39, 0.29) is 5.91 Å². The summed E-state index contributed by atoms with van der Waals surface area (Å²) >= 11 is 1.37. The van der Waals surface area contributed by atoms with E-state index in [0.717, 1.165) is 22.6 Å². The van der Waals surface area contributed by atoms with Crippen molar-refractivity contribution in [3.8, 4) is 5.69 Å². The highest BCUT2D eigenvalue weighted by atomic mass is 32.2. The van der Waals surface area contributed by atoms with Crippen LogP contribution < -0.4 is 5.32 Å². The second-order valence-corrected chi connectivity index (χ2v) is 8.57. The third-order valence-corrected chi connectivity index (χ3v) is 6.43. The number of hydrogen-bond acceptors (Lipinski definition) is 3. The molecule has 0 radical (unpaired) electrons. The molecular weight excluding hydrogens is 402 g/mol. The average molecular weight is 424 g/mol. The minimum absolute atomic E-state index is 0.125. The van der Waals surface area contributed by atoms with E-state index in [0.29, 0.717) is 10.1 Å². The second kappa shape index (κ2) is 7.93. The molecule has 0 unspecified atom stereocenters. The molecule has 3 aromatic carbocycles. The second-order valence-electron chi connectivity index (χ2n) is 7.54. The number of nitrogens with zero attached hydrogens (tertiary/aromatic N) is 2. The summed E-state index contributed by atoms with van der Waals surface area (Å²) in [5.41, 5.74) is 5.18. The van der Waals surface area contributed by atoms with Crippen molar-refractivity contribution in [1.82, 2.24) is 9.88 Å². The number of carbonyl (C=O) groups excluding carboxylic acids is 1. The van der Waals surface area contributed by atoms with Gasteiger partial charge in [0.2, 0.25) is 0 Å². The number of thioether (sulfide) groups is 1. The summed E-state index contributed by atoms with van der Waals surface area (Å²) in [4.78, 5) is 17.9. The SMILES string of the molecule is Cc1cccc(N=C2NC(=O)/C(=C/c3cccn3-c3ccc4ccccc4c3)S2)c1C. The highest BCUT2D eigenvalue weighted by molar-refractivity contribution is 8.18. The normalized spacial score (nSPS) is 16.4.